The molecule has 5 heteroatoms. The van der Waals surface area contributed by atoms with Crippen molar-refractivity contribution in [3.63, 3.8) is 0 Å². The van der Waals surface area contributed by atoms with Gasteiger partial charge in [0.25, 0.3) is 5.69 Å². The van der Waals surface area contributed by atoms with E-state index in [9.17, 15) is 10.1 Å². The van der Waals surface area contributed by atoms with Crippen LogP contribution in [0.5, 0.6) is 0 Å². The molecule has 0 radical (unpaired) electrons. The Balaban J connectivity index is 1.90. The van der Waals surface area contributed by atoms with E-state index >= 15 is 0 Å². The lowest BCUT2D eigenvalue weighted by atomic mass is 9.90. The predicted molar refractivity (Wildman–Crippen MR) is 84.9 cm³/mol. The SMILES string of the molecule is O=[N+]([O-])c1cccc2c(C3NCCc4ccccc43)c[nH]c12. The number of aromatic amines is 1. The van der Waals surface area contributed by atoms with E-state index in [4.69, 9.17) is 0 Å². The van der Waals surface area contributed by atoms with Crippen LogP contribution in [-0.2, 0) is 6.42 Å². The van der Waals surface area contributed by atoms with Crippen molar-refractivity contribution in [2.45, 2.75) is 12.5 Å². The third-order valence-electron chi connectivity index (χ3n) is 4.34. The molecule has 5 nitrogen and oxygen atoms in total. The van der Waals surface area contributed by atoms with Gasteiger partial charge in [-0.25, -0.2) is 0 Å². The number of rotatable bonds is 2. The number of hydrogen-bond donors (Lipinski definition) is 2. The molecule has 3 aromatic rings. The van der Waals surface area contributed by atoms with Crippen LogP contribution in [0.15, 0.2) is 48.7 Å². The maximum atomic E-state index is 11.2. The predicted octanol–water partition coefficient (Wildman–Crippen LogP) is 3.31. The highest BCUT2D eigenvalue weighted by molar-refractivity contribution is 5.91. The molecule has 0 bridgehead atoms. The summed E-state index contributed by atoms with van der Waals surface area (Å²) >= 11 is 0. The highest BCUT2D eigenvalue weighted by Gasteiger charge is 2.25. The first-order valence-electron chi connectivity index (χ1n) is 7.31. The van der Waals surface area contributed by atoms with Crippen LogP contribution < -0.4 is 5.32 Å². The van der Waals surface area contributed by atoms with Crippen molar-refractivity contribution in [1.29, 1.82) is 0 Å². The summed E-state index contributed by atoms with van der Waals surface area (Å²) in [6.45, 7) is 0.906. The first kappa shape index (κ1) is 13.0. The molecule has 1 unspecified atom stereocenters. The fraction of sp³-hybridized carbons (Fsp3) is 0.176. The first-order valence-corrected chi connectivity index (χ1v) is 7.31. The number of nitrogens with one attached hydrogen (secondary N) is 2. The van der Waals surface area contributed by atoms with E-state index in [0.29, 0.717) is 5.52 Å². The van der Waals surface area contributed by atoms with Gasteiger partial charge in [0.05, 0.1) is 11.0 Å². The number of fused-ring (bicyclic) bond motifs is 2. The molecule has 1 aliphatic rings. The van der Waals surface area contributed by atoms with Crippen molar-refractivity contribution >= 4 is 16.6 Å². The third kappa shape index (κ3) is 1.90. The summed E-state index contributed by atoms with van der Waals surface area (Å²) in [6, 6.07) is 13.7. The van der Waals surface area contributed by atoms with Crippen molar-refractivity contribution < 1.29 is 4.92 Å². The molecule has 0 saturated heterocycles. The number of para-hydroxylation sites is 1. The van der Waals surface area contributed by atoms with Crippen LogP contribution in [0.2, 0.25) is 0 Å². The van der Waals surface area contributed by atoms with Gasteiger partial charge >= 0.3 is 0 Å². The molecule has 4 rings (SSSR count). The van der Waals surface area contributed by atoms with E-state index in [1.54, 1.807) is 6.07 Å². The van der Waals surface area contributed by atoms with Gasteiger partial charge in [0.1, 0.15) is 5.52 Å². The molecule has 1 aromatic heterocycles. The maximum Gasteiger partial charge on any atom is 0.293 e. The number of nitro groups is 1. The van der Waals surface area contributed by atoms with E-state index in [2.05, 4.69) is 28.5 Å². The van der Waals surface area contributed by atoms with Gasteiger partial charge < -0.3 is 10.3 Å². The number of aromatic nitrogens is 1. The van der Waals surface area contributed by atoms with E-state index < -0.39 is 0 Å². The Bertz CT molecular complexity index is 869. The van der Waals surface area contributed by atoms with E-state index in [1.165, 1.54) is 17.2 Å². The first-order chi connectivity index (χ1) is 10.8. The zero-order valence-electron chi connectivity index (χ0n) is 11.9. The third-order valence-corrected chi connectivity index (χ3v) is 4.34. The summed E-state index contributed by atoms with van der Waals surface area (Å²) in [5.74, 6) is 0. The van der Waals surface area contributed by atoms with E-state index in [-0.39, 0.29) is 16.7 Å². The minimum atomic E-state index is -0.342. The molecule has 2 heterocycles. The Kier molecular flexibility index (Phi) is 2.94. The van der Waals surface area contributed by atoms with Crippen molar-refractivity contribution in [3.05, 3.63) is 75.5 Å². The summed E-state index contributed by atoms with van der Waals surface area (Å²) in [6.07, 6.45) is 2.90. The lowest BCUT2D eigenvalue weighted by molar-refractivity contribution is -0.383. The topological polar surface area (TPSA) is 71.0 Å². The standard InChI is InChI=1S/C17H15N3O2/c21-20(22)15-7-3-6-13-14(10-19-17(13)15)16-12-5-2-1-4-11(12)8-9-18-16/h1-7,10,16,18-19H,8-9H2. The van der Waals surface area contributed by atoms with Gasteiger partial charge in [-0.3, -0.25) is 10.1 Å². The number of nitrogens with zero attached hydrogens (tertiary/aromatic N) is 1. The van der Waals surface area contributed by atoms with Crippen LogP contribution in [0.25, 0.3) is 10.9 Å². The fourth-order valence-electron chi connectivity index (χ4n) is 3.33. The lowest BCUT2D eigenvalue weighted by Crippen LogP contribution is -2.30. The van der Waals surface area contributed by atoms with Crippen LogP contribution in [-0.4, -0.2) is 16.5 Å². The Labute approximate surface area is 127 Å². The Morgan fingerprint density at radius 3 is 2.82 bits per heavy atom. The van der Waals surface area contributed by atoms with Crippen LogP contribution in [0.3, 0.4) is 0 Å². The molecule has 1 atom stereocenters. The molecule has 0 amide bonds. The number of benzene rings is 2. The molecule has 2 N–H and O–H groups in total. The van der Waals surface area contributed by atoms with E-state index in [1.807, 2.05) is 18.3 Å². The fourth-order valence-corrected chi connectivity index (χ4v) is 3.33. The van der Waals surface area contributed by atoms with E-state index in [0.717, 1.165) is 23.9 Å². The number of non-ortho nitro benzene ring substituents is 1. The number of H-pyrrole nitrogens is 1. The molecule has 110 valence electrons. The summed E-state index contributed by atoms with van der Waals surface area (Å²) in [5.41, 5.74) is 4.36. The Morgan fingerprint density at radius 1 is 1.09 bits per heavy atom. The Morgan fingerprint density at radius 2 is 1.95 bits per heavy atom. The molecule has 22 heavy (non-hydrogen) atoms. The minimum absolute atomic E-state index is 0.0701. The van der Waals surface area contributed by atoms with Gasteiger partial charge in [0, 0.05) is 24.2 Å². The molecule has 0 spiro atoms. The van der Waals surface area contributed by atoms with Crippen LogP contribution in [0, 0.1) is 10.1 Å². The zero-order chi connectivity index (χ0) is 15.1. The van der Waals surface area contributed by atoms with Gasteiger partial charge in [0.15, 0.2) is 0 Å². The highest BCUT2D eigenvalue weighted by Crippen LogP contribution is 2.35. The largest absolute Gasteiger partial charge is 0.355 e. The van der Waals surface area contributed by atoms with Crippen molar-refractivity contribution in [3.8, 4) is 0 Å². The monoisotopic (exact) mass is 293 g/mol. The second-order valence-corrected chi connectivity index (χ2v) is 5.54. The number of nitro benzene ring substituents is 1. The van der Waals surface area contributed by atoms with Gasteiger partial charge in [-0.2, -0.15) is 0 Å². The average molecular weight is 293 g/mol. The van der Waals surface area contributed by atoms with Gasteiger partial charge in [-0.05, 0) is 23.1 Å². The average Bonchev–Trinajstić information content (AvgIpc) is 2.98. The number of hydrogen-bond acceptors (Lipinski definition) is 3. The van der Waals surface area contributed by atoms with Crippen LogP contribution in [0.1, 0.15) is 22.7 Å². The van der Waals surface area contributed by atoms with Gasteiger partial charge in [0.2, 0.25) is 0 Å². The Hall–Kier alpha value is -2.66. The summed E-state index contributed by atoms with van der Waals surface area (Å²) in [5, 5.41) is 15.6. The van der Waals surface area contributed by atoms with Gasteiger partial charge in [-0.15, -0.1) is 0 Å². The molecule has 0 saturated carbocycles. The molecule has 0 fully saturated rings. The summed E-state index contributed by atoms with van der Waals surface area (Å²) in [7, 11) is 0. The minimum Gasteiger partial charge on any atom is -0.355 e. The van der Waals surface area contributed by atoms with Crippen LogP contribution >= 0.6 is 0 Å². The molecule has 0 aliphatic carbocycles. The van der Waals surface area contributed by atoms with Crippen molar-refractivity contribution in [2.75, 3.05) is 6.54 Å². The summed E-state index contributed by atoms with van der Waals surface area (Å²) < 4.78 is 0. The van der Waals surface area contributed by atoms with Crippen molar-refractivity contribution in [1.82, 2.24) is 10.3 Å². The molecule has 2 aromatic carbocycles. The zero-order valence-corrected chi connectivity index (χ0v) is 11.9. The molecular formula is C17H15N3O2. The van der Waals surface area contributed by atoms with Crippen LogP contribution in [0.4, 0.5) is 5.69 Å². The van der Waals surface area contributed by atoms with Crippen molar-refractivity contribution in [2.24, 2.45) is 0 Å². The quantitative estimate of drug-likeness (QED) is 0.562. The lowest BCUT2D eigenvalue weighted by Gasteiger charge is -2.26. The molecule has 1 aliphatic heterocycles. The maximum absolute atomic E-state index is 11.2. The normalized spacial score (nSPS) is 17.4. The highest BCUT2D eigenvalue weighted by atomic mass is 16.6. The summed E-state index contributed by atoms with van der Waals surface area (Å²) in [4.78, 5) is 13.9. The smallest absolute Gasteiger partial charge is 0.293 e. The molecular weight excluding hydrogens is 278 g/mol. The second kappa shape index (κ2) is 4.96. The second-order valence-electron chi connectivity index (χ2n) is 5.54. The van der Waals surface area contributed by atoms with Gasteiger partial charge in [-0.1, -0.05) is 36.4 Å².